The van der Waals surface area contributed by atoms with Crippen molar-refractivity contribution in [1.82, 2.24) is 14.9 Å². The Morgan fingerprint density at radius 3 is 2.50 bits per heavy atom. The number of thioether (sulfide) groups is 1. The molecule has 26 heavy (non-hydrogen) atoms. The first-order valence-corrected chi connectivity index (χ1v) is 12.0. The van der Waals surface area contributed by atoms with Crippen LogP contribution in [0.3, 0.4) is 0 Å². The van der Waals surface area contributed by atoms with Crippen molar-refractivity contribution in [2.24, 2.45) is 4.99 Å². The van der Waals surface area contributed by atoms with Gasteiger partial charge in [-0.3, -0.25) is 0 Å². The van der Waals surface area contributed by atoms with E-state index in [1.165, 1.54) is 11.1 Å². The normalized spacial score (nSPS) is 16.5. The number of guanidine groups is 1. The lowest BCUT2D eigenvalue weighted by molar-refractivity contribution is 0.443. The van der Waals surface area contributed by atoms with Gasteiger partial charge in [-0.05, 0) is 24.5 Å². The van der Waals surface area contributed by atoms with Crippen molar-refractivity contribution < 1.29 is 8.42 Å². The fourth-order valence-corrected chi connectivity index (χ4v) is 5.31. The third-order valence-corrected chi connectivity index (χ3v) is 7.08. The molecule has 0 radical (unpaired) electrons. The van der Waals surface area contributed by atoms with Gasteiger partial charge in [-0.25, -0.2) is 17.7 Å². The quantitative estimate of drug-likeness (QED) is 0.515. The van der Waals surface area contributed by atoms with Crippen LogP contribution < -0.4 is 10.6 Å². The number of hydrogen-bond donors (Lipinski definition) is 2. The lowest BCUT2D eigenvalue weighted by Crippen LogP contribution is -2.44. The average Bonchev–Trinajstić information content (AvgIpc) is 2.67. The van der Waals surface area contributed by atoms with Gasteiger partial charge in [0, 0.05) is 37.7 Å². The fourth-order valence-electron chi connectivity index (χ4n) is 2.81. The summed E-state index contributed by atoms with van der Waals surface area (Å²) < 4.78 is 26.4. The maximum Gasteiger partial charge on any atom is 0.215 e. The molecule has 1 saturated heterocycles. The van der Waals surface area contributed by atoms with Gasteiger partial charge in [-0.1, -0.05) is 31.2 Å². The van der Waals surface area contributed by atoms with Crippen LogP contribution >= 0.6 is 11.8 Å². The van der Waals surface area contributed by atoms with Crippen LogP contribution in [0.5, 0.6) is 0 Å². The van der Waals surface area contributed by atoms with Crippen molar-refractivity contribution in [3.63, 3.8) is 0 Å². The summed E-state index contributed by atoms with van der Waals surface area (Å²) in [5.41, 5.74) is 2.49. The van der Waals surface area contributed by atoms with Gasteiger partial charge in [-0.2, -0.15) is 11.8 Å². The molecule has 0 aromatic heterocycles. The van der Waals surface area contributed by atoms with Gasteiger partial charge in [0.2, 0.25) is 10.0 Å². The number of aliphatic imine (C=N–C) groups is 1. The Kier molecular flexibility index (Phi) is 8.74. The lowest BCUT2D eigenvalue weighted by atomic mass is 10.1. The van der Waals surface area contributed by atoms with Crippen LogP contribution in [0.2, 0.25) is 0 Å². The fraction of sp³-hybridized carbons (Fsp3) is 0.611. The zero-order valence-corrected chi connectivity index (χ0v) is 17.3. The zero-order chi connectivity index (χ0) is 18.8. The number of rotatable bonds is 8. The summed E-state index contributed by atoms with van der Waals surface area (Å²) in [5.74, 6) is 2.51. The van der Waals surface area contributed by atoms with E-state index in [0.29, 0.717) is 32.1 Å². The van der Waals surface area contributed by atoms with Gasteiger partial charge < -0.3 is 10.6 Å². The first kappa shape index (κ1) is 21.1. The van der Waals surface area contributed by atoms with Crippen LogP contribution in [0.15, 0.2) is 29.3 Å². The predicted octanol–water partition coefficient (Wildman–Crippen LogP) is 1.68. The van der Waals surface area contributed by atoms with Gasteiger partial charge in [0.25, 0.3) is 0 Å². The van der Waals surface area contributed by atoms with Gasteiger partial charge >= 0.3 is 0 Å². The van der Waals surface area contributed by atoms with Crippen molar-refractivity contribution in [1.29, 1.82) is 0 Å². The molecule has 0 atom stereocenters. The standard InChI is InChI=1S/C18H30N4O2S2/c1-3-16-7-5-6-8-17(16)15-21-18(19-4-2)20-9-14-26(23,24)22-10-12-25-13-11-22/h5-8H,3-4,9-15H2,1-2H3,(H2,19,20,21). The Morgan fingerprint density at radius 2 is 1.85 bits per heavy atom. The van der Waals surface area contributed by atoms with E-state index >= 15 is 0 Å². The second-order valence-electron chi connectivity index (χ2n) is 6.07. The molecule has 1 aliphatic heterocycles. The molecule has 0 unspecified atom stereocenters. The molecule has 1 aromatic rings. The van der Waals surface area contributed by atoms with Crippen LogP contribution in [-0.4, -0.2) is 62.1 Å². The molecule has 1 fully saturated rings. The molecule has 6 nitrogen and oxygen atoms in total. The summed E-state index contributed by atoms with van der Waals surface area (Å²) in [6.07, 6.45) is 0.974. The Hall–Kier alpha value is -1.25. The molecule has 0 saturated carbocycles. The average molecular weight is 399 g/mol. The zero-order valence-electron chi connectivity index (χ0n) is 15.7. The molecule has 2 rings (SSSR count). The number of benzene rings is 1. The summed E-state index contributed by atoms with van der Waals surface area (Å²) in [6.45, 7) is 7.04. The summed E-state index contributed by atoms with van der Waals surface area (Å²) in [7, 11) is -3.20. The third kappa shape index (κ3) is 6.48. The van der Waals surface area contributed by atoms with Crippen LogP contribution in [0.4, 0.5) is 0 Å². The number of sulfonamides is 1. The summed E-state index contributed by atoms with van der Waals surface area (Å²) in [5, 5.41) is 6.33. The van der Waals surface area contributed by atoms with E-state index < -0.39 is 10.0 Å². The molecule has 0 bridgehead atoms. The molecule has 0 spiro atoms. The summed E-state index contributed by atoms with van der Waals surface area (Å²) in [6, 6.07) is 8.27. The smallest absolute Gasteiger partial charge is 0.215 e. The van der Waals surface area contributed by atoms with E-state index in [4.69, 9.17) is 0 Å². The second kappa shape index (κ2) is 10.8. The molecule has 1 heterocycles. The van der Waals surface area contributed by atoms with Crippen molar-refractivity contribution >= 4 is 27.7 Å². The molecule has 1 aromatic carbocycles. The number of nitrogens with one attached hydrogen (secondary N) is 2. The molecule has 146 valence electrons. The first-order valence-electron chi connectivity index (χ1n) is 9.21. The minimum atomic E-state index is -3.20. The Bertz CT molecular complexity index is 686. The van der Waals surface area contributed by atoms with Crippen LogP contribution in [0.1, 0.15) is 25.0 Å². The highest BCUT2D eigenvalue weighted by Crippen LogP contribution is 2.13. The highest BCUT2D eigenvalue weighted by atomic mass is 32.2. The maximum absolute atomic E-state index is 12.4. The van der Waals surface area contributed by atoms with Crippen molar-refractivity contribution in [2.45, 2.75) is 26.8 Å². The number of nitrogens with zero attached hydrogens (tertiary/aromatic N) is 2. The molecule has 0 aliphatic carbocycles. The molecular formula is C18H30N4O2S2. The van der Waals surface area contributed by atoms with Crippen molar-refractivity contribution in [2.75, 3.05) is 43.4 Å². The largest absolute Gasteiger partial charge is 0.357 e. The highest BCUT2D eigenvalue weighted by Gasteiger charge is 2.23. The molecular weight excluding hydrogens is 368 g/mol. The Balaban J connectivity index is 1.91. The number of hydrogen-bond acceptors (Lipinski definition) is 4. The summed E-state index contributed by atoms with van der Waals surface area (Å²) >= 11 is 1.81. The SMILES string of the molecule is CCNC(=NCc1ccccc1CC)NCCS(=O)(=O)N1CCSCC1. The topological polar surface area (TPSA) is 73.8 Å². The van der Waals surface area contributed by atoms with Gasteiger partial charge in [0.15, 0.2) is 5.96 Å². The summed E-state index contributed by atoms with van der Waals surface area (Å²) in [4.78, 5) is 4.61. The minimum absolute atomic E-state index is 0.0909. The van der Waals surface area contributed by atoms with Gasteiger partial charge in [-0.15, -0.1) is 0 Å². The van der Waals surface area contributed by atoms with E-state index in [1.807, 2.05) is 19.1 Å². The third-order valence-electron chi connectivity index (χ3n) is 4.27. The predicted molar refractivity (Wildman–Crippen MR) is 111 cm³/mol. The van der Waals surface area contributed by atoms with Crippen LogP contribution in [-0.2, 0) is 23.0 Å². The van der Waals surface area contributed by atoms with E-state index in [9.17, 15) is 8.42 Å². The van der Waals surface area contributed by atoms with Crippen LogP contribution in [0, 0.1) is 0 Å². The molecule has 0 amide bonds. The number of aryl methyl sites for hydroxylation is 1. The van der Waals surface area contributed by atoms with Gasteiger partial charge in [0.1, 0.15) is 0 Å². The minimum Gasteiger partial charge on any atom is -0.357 e. The van der Waals surface area contributed by atoms with Gasteiger partial charge in [0.05, 0.1) is 12.3 Å². The van der Waals surface area contributed by atoms with Crippen LogP contribution in [0.25, 0.3) is 0 Å². The lowest BCUT2D eigenvalue weighted by Gasteiger charge is -2.25. The first-order chi connectivity index (χ1) is 12.6. The molecule has 1 aliphatic rings. The Morgan fingerprint density at radius 1 is 1.15 bits per heavy atom. The highest BCUT2D eigenvalue weighted by molar-refractivity contribution is 7.99. The van der Waals surface area contributed by atoms with Crippen molar-refractivity contribution in [3.05, 3.63) is 35.4 Å². The monoisotopic (exact) mass is 398 g/mol. The molecule has 2 N–H and O–H groups in total. The second-order valence-corrected chi connectivity index (χ2v) is 9.38. The molecule has 8 heteroatoms. The van der Waals surface area contributed by atoms with E-state index in [1.54, 1.807) is 16.1 Å². The van der Waals surface area contributed by atoms with Crippen molar-refractivity contribution in [3.8, 4) is 0 Å². The maximum atomic E-state index is 12.4. The van der Waals surface area contributed by atoms with E-state index in [-0.39, 0.29) is 5.75 Å². The van der Waals surface area contributed by atoms with E-state index in [0.717, 1.165) is 24.5 Å². The Labute approximate surface area is 161 Å². The van der Waals surface area contributed by atoms with E-state index in [2.05, 4.69) is 34.7 Å².